The summed E-state index contributed by atoms with van der Waals surface area (Å²) in [4.78, 5) is 22.5. The number of carbonyl (C=O) groups excluding carboxylic acids is 1. The van der Waals surface area contributed by atoms with Crippen molar-refractivity contribution in [3.8, 4) is 0 Å². The Bertz CT molecular complexity index is 492. The average Bonchev–Trinajstić information content (AvgIpc) is 2.35. The summed E-state index contributed by atoms with van der Waals surface area (Å²) in [5.74, 6) is -1.31. The molecule has 4 N–H and O–H groups in total. The van der Waals surface area contributed by atoms with Crippen LogP contribution < -0.4 is 11.1 Å². The molecule has 5 heteroatoms. The molecule has 0 saturated carbocycles. The van der Waals surface area contributed by atoms with E-state index in [1.54, 1.807) is 0 Å². The summed E-state index contributed by atoms with van der Waals surface area (Å²) >= 11 is 0. The predicted octanol–water partition coefficient (Wildman–Crippen LogP) is 2.11. The second kappa shape index (κ2) is 6.52. The Morgan fingerprint density at radius 2 is 1.90 bits per heavy atom. The number of hydrogen-bond acceptors (Lipinski definition) is 3. The first-order valence-electron chi connectivity index (χ1n) is 6.59. The van der Waals surface area contributed by atoms with Crippen molar-refractivity contribution in [1.29, 1.82) is 0 Å². The topological polar surface area (TPSA) is 92.4 Å². The number of aliphatic carboxylic acids is 1. The number of amides is 1. The van der Waals surface area contributed by atoms with Crippen molar-refractivity contribution in [2.45, 2.75) is 45.1 Å². The lowest BCUT2D eigenvalue weighted by Gasteiger charge is -2.23. The van der Waals surface area contributed by atoms with Gasteiger partial charge in [0.2, 0.25) is 5.91 Å². The highest BCUT2D eigenvalue weighted by atomic mass is 16.4. The molecule has 20 heavy (non-hydrogen) atoms. The molecule has 0 aromatic heterocycles. The second-order valence-electron chi connectivity index (χ2n) is 5.82. The lowest BCUT2D eigenvalue weighted by Crippen LogP contribution is -2.36. The Hall–Kier alpha value is -1.88. The number of carbonyl (C=O) groups is 2. The van der Waals surface area contributed by atoms with Crippen LogP contribution in [0.1, 0.15) is 39.2 Å². The number of anilines is 1. The minimum atomic E-state index is -0.955. The zero-order valence-corrected chi connectivity index (χ0v) is 12.1. The van der Waals surface area contributed by atoms with E-state index in [1.807, 2.05) is 24.3 Å². The number of carboxylic acid groups (broad SMARTS) is 1. The van der Waals surface area contributed by atoms with Crippen LogP contribution in [-0.2, 0) is 15.0 Å². The molecule has 0 saturated heterocycles. The first kappa shape index (κ1) is 16.2. The summed E-state index contributed by atoms with van der Waals surface area (Å²) in [5, 5.41) is 11.4. The third-order valence-corrected chi connectivity index (χ3v) is 3.00. The molecule has 0 aliphatic rings. The number of benzene rings is 1. The maximum absolute atomic E-state index is 12.0. The van der Waals surface area contributed by atoms with Gasteiger partial charge in [0.05, 0.1) is 6.04 Å². The molecule has 0 bridgehead atoms. The monoisotopic (exact) mass is 278 g/mol. The molecule has 1 atom stereocenters. The van der Waals surface area contributed by atoms with Crippen molar-refractivity contribution in [2.75, 3.05) is 5.32 Å². The van der Waals surface area contributed by atoms with E-state index in [4.69, 9.17) is 10.8 Å². The van der Waals surface area contributed by atoms with Gasteiger partial charge in [-0.15, -0.1) is 0 Å². The van der Waals surface area contributed by atoms with E-state index in [0.717, 1.165) is 11.3 Å². The largest absolute Gasteiger partial charge is 0.481 e. The number of nitrogens with two attached hydrogens (primary N) is 1. The average molecular weight is 278 g/mol. The molecular formula is C15H22N2O3. The molecule has 1 aromatic carbocycles. The summed E-state index contributed by atoms with van der Waals surface area (Å²) < 4.78 is 0. The van der Waals surface area contributed by atoms with Crippen LogP contribution in [-0.4, -0.2) is 23.0 Å². The lowest BCUT2D eigenvalue weighted by molar-refractivity contribution is -0.137. The number of para-hydroxylation sites is 1. The Morgan fingerprint density at radius 3 is 2.45 bits per heavy atom. The number of carboxylic acids is 1. The van der Waals surface area contributed by atoms with E-state index < -0.39 is 12.0 Å². The zero-order chi connectivity index (χ0) is 15.3. The summed E-state index contributed by atoms with van der Waals surface area (Å²) in [5.41, 5.74) is 7.33. The van der Waals surface area contributed by atoms with E-state index in [0.29, 0.717) is 0 Å². The van der Waals surface area contributed by atoms with Crippen molar-refractivity contribution in [3.63, 3.8) is 0 Å². The van der Waals surface area contributed by atoms with Gasteiger partial charge in [0.1, 0.15) is 0 Å². The molecular weight excluding hydrogens is 256 g/mol. The van der Waals surface area contributed by atoms with Gasteiger partial charge in [-0.3, -0.25) is 9.59 Å². The lowest BCUT2D eigenvalue weighted by atomic mass is 9.86. The molecule has 0 spiro atoms. The minimum absolute atomic E-state index is 0.102. The molecule has 1 unspecified atom stereocenters. The van der Waals surface area contributed by atoms with Crippen LogP contribution in [0.4, 0.5) is 5.69 Å². The smallest absolute Gasteiger partial charge is 0.303 e. The Balaban J connectivity index is 2.78. The molecule has 0 heterocycles. The highest BCUT2D eigenvalue weighted by Gasteiger charge is 2.20. The molecule has 1 aromatic rings. The Labute approximate surface area is 119 Å². The molecule has 0 fully saturated rings. The fourth-order valence-corrected chi connectivity index (χ4v) is 1.88. The van der Waals surface area contributed by atoms with Crippen LogP contribution in [0.2, 0.25) is 0 Å². The molecule has 0 radical (unpaired) electrons. The van der Waals surface area contributed by atoms with Gasteiger partial charge in [-0.25, -0.2) is 0 Å². The van der Waals surface area contributed by atoms with Gasteiger partial charge >= 0.3 is 5.97 Å². The summed E-state index contributed by atoms with van der Waals surface area (Å²) in [6.45, 7) is 6.17. The fourth-order valence-electron chi connectivity index (χ4n) is 1.88. The number of nitrogens with one attached hydrogen (secondary N) is 1. The normalized spacial score (nSPS) is 12.8. The quantitative estimate of drug-likeness (QED) is 0.769. The van der Waals surface area contributed by atoms with Gasteiger partial charge in [0.15, 0.2) is 0 Å². The number of hydrogen-bond donors (Lipinski definition) is 3. The van der Waals surface area contributed by atoms with Gasteiger partial charge in [-0.2, -0.15) is 0 Å². The molecule has 0 aliphatic carbocycles. The van der Waals surface area contributed by atoms with Crippen LogP contribution in [0.3, 0.4) is 0 Å². The van der Waals surface area contributed by atoms with Gasteiger partial charge in [-0.1, -0.05) is 39.0 Å². The highest BCUT2D eigenvalue weighted by Crippen LogP contribution is 2.29. The van der Waals surface area contributed by atoms with E-state index in [9.17, 15) is 9.59 Å². The van der Waals surface area contributed by atoms with Gasteiger partial charge < -0.3 is 16.2 Å². The Kier molecular flexibility index (Phi) is 5.27. The molecule has 1 amide bonds. The van der Waals surface area contributed by atoms with Crippen LogP contribution in [0.15, 0.2) is 24.3 Å². The third-order valence-electron chi connectivity index (χ3n) is 3.00. The van der Waals surface area contributed by atoms with Crippen molar-refractivity contribution < 1.29 is 14.7 Å². The fraction of sp³-hybridized carbons (Fsp3) is 0.467. The summed E-state index contributed by atoms with van der Waals surface area (Å²) in [7, 11) is 0. The molecule has 5 nitrogen and oxygen atoms in total. The van der Waals surface area contributed by atoms with E-state index in [2.05, 4.69) is 26.1 Å². The van der Waals surface area contributed by atoms with Crippen LogP contribution in [0.5, 0.6) is 0 Å². The molecule has 110 valence electrons. The van der Waals surface area contributed by atoms with Crippen LogP contribution in [0.25, 0.3) is 0 Å². The first-order chi connectivity index (χ1) is 9.21. The van der Waals surface area contributed by atoms with Crippen LogP contribution in [0, 0.1) is 0 Å². The SMILES string of the molecule is CC(C)(C)c1ccccc1NC(=O)C(N)CCC(=O)O. The minimum Gasteiger partial charge on any atom is -0.481 e. The maximum Gasteiger partial charge on any atom is 0.303 e. The Morgan fingerprint density at radius 1 is 1.30 bits per heavy atom. The third kappa shape index (κ3) is 4.66. The summed E-state index contributed by atoms with van der Waals surface area (Å²) in [6, 6.07) is 6.72. The predicted molar refractivity (Wildman–Crippen MR) is 78.6 cm³/mol. The second-order valence-corrected chi connectivity index (χ2v) is 5.82. The van der Waals surface area contributed by atoms with Crippen molar-refractivity contribution in [3.05, 3.63) is 29.8 Å². The summed E-state index contributed by atoms with van der Waals surface area (Å²) in [6.07, 6.45) is 0.00829. The molecule has 1 rings (SSSR count). The zero-order valence-electron chi connectivity index (χ0n) is 12.1. The van der Waals surface area contributed by atoms with Gasteiger partial charge in [0, 0.05) is 12.1 Å². The van der Waals surface area contributed by atoms with Crippen molar-refractivity contribution in [1.82, 2.24) is 0 Å². The van der Waals surface area contributed by atoms with Gasteiger partial charge in [0.25, 0.3) is 0 Å². The first-order valence-corrected chi connectivity index (χ1v) is 6.59. The van der Waals surface area contributed by atoms with E-state index in [1.165, 1.54) is 0 Å². The van der Waals surface area contributed by atoms with E-state index in [-0.39, 0.29) is 24.2 Å². The van der Waals surface area contributed by atoms with Crippen molar-refractivity contribution in [2.24, 2.45) is 5.73 Å². The standard InChI is InChI=1S/C15H22N2O3/c1-15(2,3)10-6-4-5-7-12(10)17-14(20)11(16)8-9-13(18)19/h4-7,11H,8-9,16H2,1-3H3,(H,17,20)(H,18,19). The van der Waals surface area contributed by atoms with Crippen LogP contribution >= 0.6 is 0 Å². The maximum atomic E-state index is 12.0. The van der Waals surface area contributed by atoms with E-state index >= 15 is 0 Å². The highest BCUT2D eigenvalue weighted by molar-refractivity contribution is 5.95. The van der Waals surface area contributed by atoms with Gasteiger partial charge in [-0.05, 0) is 23.5 Å². The number of rotatable bonds is 5. The van der Waals surface area contributed by atoms with Crippen molar-refractivity contribution >= 4 is 17.6 Å². The molecule has 0 aliphatic heterocycles.